The van der Waals surface area contributed by atoms with Gasteiger partial charge in [0.05, 0.1) is 26.1 Å². The van der Waals surface area contributed by atoms with Crippen LogP contribution in [0.2, 0.25) is 0 Å². The molecule has 1 aliphatic heterocycles. The average molecular weight is 353 g/mol. The van der Waals surface area contributed by atoms with E-state index in [4.69, 9.17) is 9.47 Å². The van der Waals surface area contributed by atoms with Gasteiger partial charge in [0.2, 0.25) is 5.91 Å². The summed E-state index contributed by atoms with van der Waals surface area (Å²) in [6.07, 6.45) is 7.29. The van der Waals surface area contributed by atoms with Crippen LogP contribution < -0.4 is 19.7 Å². The summed E-state index contributed by atoms with van der Waals surface area (Å²) in [4.78, 5) is 18.8. The fourth-order valence-electron chi connectivity index (χ4n) is 2.87. The number of hydrogen-bond donors (Lipinski definition) is 1. The number of benzene rings is 1. The zero-order chi connectivity index (χ0) is 18.4. The minimum atomic E-state index is -0.220. The summed E-state index contributed by atoms with van der Waals surface area (Å²) in [6.45, 7) is 2.09. The molecule has 1 fully saturated rings. The maximum atomic E-state index is 12.1. The molecule has 1 amide bonds. The van der Waals surface area contributed by atoms with E-state index >= 15 is 0 Å². The Labute approximate surface area is 153 Å². The molecular formula is C20H23N3O3. The highest BCUT2D eigenvalue weighted by Gasteiger charge is 2.13. The number of nitrogens with one attached hydrogen (secondary N) is 1. The third-order valence-corrected chi connectivity index (χ3v) is 4.25. The number of methoxy groups -OCH3 is 2. The summed E-state index contributed by atoms with van der Waals surface area (Å²) in [5.74, 6) is 2.08. The molecule has 0 atom stereocenters. The third kappa shape index (κ3) is 4.53. The fourth-order valence-corrected chi connectivity index (χ4v) is 2.87. The number of amides is 1. The SMILES string of the molecule is COc1cc(/C=C/C(=O)Nc2ccc(N3CCCC3)nc2)cc(OC)c1. The Bertz CT molecular complexity index is 759. The first kappa shape index (κ1) is 17.8. The third-order valence-electron chi connectivity index (χ3n) is 4.25. The normalized spacial score (nSPS) is 13.8. The van der Waals surface area contributed by atoms with Crippen molar-refractivity contribution in [3.05, 3.63) is 48.2 Å². The quantitative estimate of drug-likeness (QED) is 0.807. The number of carbonyl (C=O) groups excluding carboxylic acids is 1. The number of carbonyl (C=O) groups is 1. The van der Waals surface area contributed by atoms with Crippen LogP contribution in [0, 0.1) is 0 Å². The molecule has 2 aromatic rings. The van der Waals surface area contributed by atoms with Crippen LogP contribution in [0.25, 0.3) is 6.08 Å². The Morgan fingerprint density at radius 2 is 1.81 bits per heavy atom. The van der Waals surface area contributed by atoms with Crippen molar-refractivity contribution in [1.82, 2.24) is 4.98 Å². The maximum Gasteiger partial charge on any atom is 0.248 e. The van der Waals surface area contributed by atoms with Gasteiger partial charge in [-0.3, -0.25) is 4.79 Å². The van der Waals surface area contributed by atoms with E-state index in [-0.39, 0.29) is 5.91 Å². The molecule has 0 spiro atoms. The van der Waals surface area contributed by atoms with Gasteiger partial charge in [-0.2, -0.15) is 0 Å². The van der Waals surface area contributed by atoms with Crippen LogP contribution in [-0.4, -0.2) is 38.2 Å². The minimum absolute atomic E-state index is 0.220. The van der Waals surface area contributed by atoms with Crippen molar-refractivity contribution in [3.63, 3.8) is 0 Å². The van der Waals surface area contributed by atoms with Gasteiger partial charge in [-0.05, 0) is 48.7 Å². The van der Waals surface area contributed by atoms with Gasteiger partial charge in [-0.25, -0.2) is 4.98 Å². The molecular weight excluding hydrogens is 330 g/mol. The molecule has 1 saturated heterocycles. The Hall–Kier alpha value is -3.02. The second kappa shape index (κ2) is 8.38. The zero-order valence-electron chi connectivity index (χ0n) is 15.1. The summed E-state index contributed by atoms with van der Waals surface area (Å²) in [7, 11) is 3.18. The van der Waals surface area contributed by atoms with Gasteiger partial charge < -0.3 is 19.7 Å². The maximum absolute atomic E-state index is 12.1. The Morgan fingerprint density at radius 1 is 1.12 bits per heavy atom. The Morgan fingerprint density at radius 3 is 2.38 bits per heavy atom. The van der Waals surface area contributed by atoms with Crippen molar-refractivity contribution in [2.24, 2.45) is 0 Å². The Kier molecular flexibility index (Phi) is 5.73. The lowest BCUT2D eigenvalue weighted by Crippen LogP contribution is -2.18. The standard InChI is InChI=1S/C20H23N3O3/c1-25-17-11-15(12-18(13-17)26-2)5-8-20(24)22-16-6-7-19(21-14-16)23-9-3-4-10-23/h5-8,11-14H,3-4,9-10H2,1-2H3,(H,22,24)/b8-5+. The predicted molar refractivity (Wildman–Crippen MR) is 103 cm³/mol. The lowest BCUT2D eigenvalue weighted by molar-refractivity contribution is -0.111. The summed E-state index contributed by atoms with van der Waals surface area (Å²) >= 11 is 0. The highest BCUT2D eigenvalue weighted by Crippen LogP contribution is 2.23. The second-order valence-corrected chi connectivity index (χ2v) is 6.07. The summed E-state index contributed by atoms with van der Waals surface area (Å²) in [6, 6.07) is 9.26. The van der Waals surface area contributed by atoms with Gasteiger partial charge in [0.1, 0.15) is 17.3 Å². The summed E-state index contributed by atoms with van der Waals surface area (Å²) < 4.78 is 10.5. The molecule has 0 bridgehead atoms. The van der Waals surface area contributed by atoms with E-state index < -0.39 is 0 Å². The van der Waals surface area contributed by atoms with Crippen LogP contribution in [0.3, 0.4) is 0 Å². The molecule has 1 aliphatic rings. The molecule has 1 aromatic carbocycles. The predicted octanol–water partition coefficient (Wildman–Crippen LogP) is 3.35. The van der Waals surface area contributed by atoms with Crippen LogP contribution in [-0.2, 0) is 4.79 Å². The van der Waals surface area contributed by atoms with Crippen molar-refractivity contribution in [1.29, 1.82) is 0 Å². The van der Waals surface area contributed by atoms with Crippen LogP contribution in [0.1, 0.15) is 18.4 Å². The van der Waals surface area contributed by atoms with Crippen LogP contribution in [0.15, 0.2) is 42.6 Å². The fraction of sp³-hybridized carbons (Fsp3) is 0.300. The molecule has 6 nitrogen and oxygen atoms in total. The molecule has 26 heavy (non-hydrogen) atoms. The van der Waals surface area contributed by atoms with Gasteiger partial charge in [-0.1, -0.05) is 0 Å². The van der Waals surface area contributed by atoms with Crippen molar-refractivity contribution in [2.45, 2.75) is 12.8 Å². The van der Waals surface area contributed by atoms with Crippen molar-refractivity contribution >= 4 is 23.5 Å². The van der Waals surface area contributed by atoms with Gasteiger partial charge in [0.25, 0.3) is 0 Å². The molecule has 0 saturated carbocycles. The summed E-state index contributed by atoms with van der Waals surface area (Å²) in [5, 5.41) is 2.82. The lowest BCUT2D eigenvalue weighted by atomic mass is 10.2. The zero-order valence-corrected chi connectivity index (χ0v) is 15.1. The van der Waals surface area contributed by atoms with E-state index in [9.17, 15) is 4.79 Å². The van der Waals surface area contributed by atoms with E-state index in [0.717, 1.165) is 24.5 Å². The average Bonchev–Trinajstić information content (AvgIpc) is 3.21. The number of nitrogens with zero attached hydrogens (tertiary/aromatic N) is 2. The minimum Gasteiger partial charge on any atom is -0.497 e. The molecule has 1 N–H and O–H groups in total. The first-order valence-corrected chi connectivity index (χ1v) is 8.61. The van der Waals surface area contributed by atoms with E-state index in [2.05, 4.69) is 15.2 Å². The van der Waals surface area contributed by atoms with Crippen molar-refractivity contribution in [3.8, 4) is 11.5 Å². The van der Waals surface area contributed by atoms with Gasteiger partial charge in [0, 0.05) is 25.2 Å². The first-order valence-electron chi connectivity index (χ1n) is 8.61. The first-order chi connectivity index (χ1) is 12.7. The second-order valence-electron chi connectivity index (χ2n) is 6.07. The number of pyridine rings is 1. The number of anilines is 2. The van der Waals surface area contributed by atoms with Crippen molar-refractivity contribution < 1.29 is 14.3 Å². The highest BCUT2D eigenvalue weighted by atomic mass is 16.5. The van der Waals surface area contributed by atoms with Gasteiger partial charge >= 0.3 is 0 Å². The number of rotatable bonds is 6. The van der Waals surface area contributed by atoms with Crippen LogP contribution >= 0.6 is 0 Å². The summed E-state index contributed by atoms with van der Waals surface area (Å²) in [5.41, 5.74) is 1.49. The van der Waals surface area contributed by atoms with Crippen LogP contribution in [0.5, 0.6) is 11.5 Å². The topological polar surface area (TPSA) is 63.7 Å². The molecule has 0 radical (unpaired) electrons. The highest BCUT2D eigenvalue weighted by molar-refractivity contribution is 6.01. The molecule has 1 aromatic heterocycles. The van der Waals surface area contributed by atoms with Gasteiger partial charge in [0.15, 0.2) is 0 Å². The van der Waals surface area contributed by atoms with E-state index in [1.807, 2.05) is 24.3 Å². The number of hydrogen-bond acceptors (Lipinski definition) is 5. The van der Waals surface area contributed by atoms with Crippen molar-refractivity contribution in [2.75, 3.05) is 37.5 Å². The van der Waals surface area contributed by atoms with Gasteiger partial charge in [-0.15, -0.1) is 0 Å². The molecule has 6 heteroatoms. The Balaban J connectivity index is 1.62. The molecule has 0 aliphatic carbocycles. The van der Waals surface area contributed by atoms with E-state index in [0.29, 0.717) is 17.2 Å². The largest absolute Gasteiger partial charge is 0.497 e. The number of ether oxygens (including phenoxy) is 2. The number of aromatic nitrogens is 1. The monoisotopic (exact) mass is 353 g/mol. The molecule has 3 rings (SSSR count). The smallest absolute Gasteiger partial charge is 0.248 e. The molecule has 136 valence electrons. The van der Waals surface area contributed by atoms with Crippen LogP contribution in [0.4, 0.5) is 11.5 Å². The molecule has 2 heterocycles. The van der Waals surface area contributed by atoms with E-state index in [1.165, 1.54) is 18.9 Å². The lowest BCUT2D eigenvalue weighted by Gasteiger charge is -2.16. The molecule has 0 unspecified atom stereocenters. The van der Waals surface area contributed by atoms with E-state index in [1.54, 1.807) is 32.6 Å².